The average Bonchev–Trinajstić information content (AvgIpc) is 2.99. The predicted octanol–water partition coefficient (Wildman–Crippen LogP) is 5.47. The van der Waals surface area contributed by atoms with Crippen molar-refractivity contribution in [1.82, 2.24) is 9.62 Å². The highest BCUT2D eigenvalue weighted by Gasteiger charge is 2.28. The lowest BCUT2D eigenvalue weighted by Gasteiger charge is -2.32. The number of carbonyl (C=O) groups is 2. The molecule has 0 radical (unpaired) electrons. The maximum Gasteiger partial charge on any atom is 0.303 e. The number of sulfonamides is 1. The van der Waals surface area contributed by atoms with Crippen LogP contribution in [0.3, 0.4) is 0 Å². The monoisotopic (exact) mass is 626 g/mol. The Bertz CT molecular complexity index is 1570. The smallest absolute Gasteiger partial charge is 0.303 e. The minimum Gasteiger partial charge on any atom is -0.481 e. The summed E-state index contributed by atoms with van der Waals surface area (Å²) in [5, 5.41) is 9.89. The predicted molar refractivity (Wildman–Crippen MR) is 164 cm³/mol. The van der Waals surface area contributed by atoms with Crippen LogP contribution in [0.15, 0.2) is 65.6 Å². The fraction of sp³-hybridized carbons (Fsp3) is 0.394. The number of halogens is 2. The van der Waals surface area contributed by atoms with E-state index >= 15 is 0 Å². The summed E-state index contributed by atoms with van der Waals surface area (Å²) < 4.78 is 42.0. The first kappa shape index (κ1) is 31.3. The molecule has 2 aliphatic rings. The molecular weight excluding hydrogens is 591 g/mol. The number of nitrogens with one attached hydrogen (secondary N) is 1. The lowest BCUT2D eigenvalue weighted by molar-refractivity contribution is -0.136. The number of ketones is 1. The van der Waals surface area contributed by atoms with Crippen LogP contribution in [-0.2, 0) is 40.5 Å². The van der Waals surface area contributed by atoms with E-state index in [1.165, 1.54) is 24.3 Å². The first-order chi connectivity index (χ1) is 20.6. The van der Waals surface area contributed by atoms with Gasteiger partial charge in [0.05, 0.1) is 4.90 Å². The standard InChI is InChI=1S/C33H36ClFN2O5S/c34-26-5-10-29(11-6-26)43(41,42)36-28-9-12-31-25(21-28)2-1-22(30(31)13-14-32(38)39)15-18-37-19-16-24(17-20-37)33(40)23-3-7-27(35)8-4-23/h1-8,10-11,24,28,36H,9,12-21H2,(H,38,39). The molecule has 0 aromatic heterocycles. The molecule has 3 aromatic rings. The number of benzene rings is 3. The summed E-state index contributed by atoms with van der Waals surface area (Å²) in [6, 6.07) is 15.7. The molecule has 1 saturated heterocycles. The minimum atomic E-state index is -3.70. The summed E-state index contributed by atoms with van der Waals surface area (Å²) in [5.41, 5.74) is 4.95. The Morgan fingerprint density at radius 2 is 1.65 bits per heavy atom. The van der Waals surface area contributed by atoms with Crippen LogP contribution in [0.2, 0.25) is 5.02 Å². The molecule has 3 aromatic carbocycles. The first-order valence-corrected chi connectivity index (χ1v) is 16.6. The highest BCUT2D eigenvalue weighted by atomic mass is 35.5. The molecule has 1 atom stereocenters. The molecule has 43 heavy (non-hydrogen) atoms. The Hall–Kier alpha value is -3.11. The molecule has 0 amide bonds. The molecular formula is C33H36ClFN2O5S. The van der Waals surface area contributed by atoms with Crippen LogP contribution in [0.4, 0.5) is 4.39 Å². The molecule has 5 rings (SSSR count). The second kappa shape index (κ2) is 13.7. The first-order valence-electron chi connectivity index (χ1n) is 14.7. The molecule has 10 heteroatoms. The Balaban J connectivity index is 1.22. The molecule has 7 nitrogen and oxygen atoms in total. The van der Waals surface area contributed by atoms with E-state index in [-0.39, 0.29) is 34.9 Å². The lowest BCUT2D eigenvalue weighted by Crippen LogP contribution is -2.39. The fourth-order valence-corrected chi connectivity index (χ4v) is 7.70. The van der Waals surface area contributed by atoms with Gasteiger partial charge >= 0.3 is 5.97 Å². The summed E-state index contributed by atoms with van der Waals surface area (Å²) in [5.74, 6) is -1.20. The summed E-state index contributed by atoms with van der Waals surface area (Å²) in [7, 11) is -3.70. The van der Waals surface area contributed by atoms with E-state index in [1.807, 2.05) is 0 Å². The topological polar surface area (TPSA) is 104 Å². The number of carbonyl (C=O) groups excluding carboxylic acids is 1. The van der Waals surface area contributed by atoms with Crippen molar-refractivity contribution in [2.24, 2.45) is 5.92 Å². The number of carboxylic acids is 1. The quantitative estimate of drug-likeness (QED) is 0.274. The van der Waals surface area contributed by atoms with E-state index in [0.29, 0.717) is 36.3 Å². The van der Waals surface area contributed by atoms with Gasteiger partial charge in [-0.3, -0.25) is 9.59 Å². The number of nitrogens with zero attached hydrogens (tertiary/aromatic N) is 1. The van der Waals surface area contributed by atoms with Crippen molar-refractivity contribution in [3.63, 3.8) is 0 Å². The average molecular weight is 627 g/mol. The molecule has 1 heterocycles. The number of hydrogen-bond donors (Lipinski definition) is 2. The van der Waals surface area contributed by atoms with Crippen molar-refractivity contribution in [2.45, 2.75) is 62.3 Å². The van der Waals surface area contributed by atoms with Gasteiger partial charge < -0.3 is 10.0 Å². The molecule has 0 spiro atoms. The molecule has 228 valence electrons. The van der Waals surface area contributed by atoms with Gasteiger partial charge in [0.25, 0.3) is 0 Å². The number of fused-ring (bicyclic) bond motifs is 1. The van der Waals surface area contributed by atoms with Gasteiger partial charge in [0.1, 0.15) is 5.82 Å². The van der Waals surface area contributed by atoms with E-state index in [9.17, 15) is 27.5 Å². The largest absolute Gasteiger partial charge is 0.481 e. The minimum absolute atomic E-state index is 0.0347. The van der Waals surface area contributed by atoms with Crippen molar-refractivity contribution < 1.29 is 27.5 Å². The van der Waals surface area contributed by atoms with Crippen LogP contribution in [-0.4, -0.2) is 55.9 Å². The summed E-state index contributed by atoms with van der Waals surface area (Å²) in [6.07, 6.45) is 4.57. The van der Waals surface area contributed by atoms with Gasteiger partial charge in [0.2, 0.25) is 10.0 Å². The van der Waals surface area contributed by atoms with Crippen molar-refractivity contribution in [2.75, 3.05) is 19.6 Å². The van der Waals surface area contributed by atoms with Crippen molar-refractivity contribution in [3.8, 4) is 0 Å². The number of Topliss-reactive ketones (excluding diaryl/α,β-unsaturated/α-hetero) is 1. The fourth-order valence-electron chi connectivity index (χ4n) is 6.31. The van der Waals surface area contributed by atoms with Gasteiger partial charge in [-0.15, -0.1) is 0 Å². The Morgan fingerprint density at radius 1 is 0.953 bits per heavy atom. The molecule has 1 aliphatic heterocycles. The van der Waals surface area contributed by atoms with E-state index < -0.39 is 16.0 Å². The van der Waals surface area contributed by atoms with Crippen molar-refractivity contribution in [1.29, 1.82) is 0 Å². The van der Waals surface area contributed by atoms with Crippen LogP contribution in [0.25, 0.3) is 0 Å². The number of aliphatic carboxylic acids is 1. The molecule has 1 aliphatic carbocycles. The Kier molecular flexibility index (Phi) is 9.96. The molecule has 1 fully saturated rings. The van der Waals surface area contributed by atoms with E-state index in [0.717, 1.165) is 61.2 Å². The lowest BCUT2D eigenvalue weighted by atomic mass is 9.82. The highest BCUT2D eigenvalue weighted by molar-refractivity contribution is 7.89. The third kappa shape index (κ3) is 7.89. The second-order valence-electron chi connectivity index (χ2n) is 11.5. The number of hydrogen-bond acceptors (Lipinski definition) is 5. The van der Waals surface area contributed by atoms with Crippen molar-refractivity contribution in [3.05, 3.63) is 99.3 Å². The third-order valence-electron chi connectivity index (χ3n) is 8.65. The second-order valence-corrected chi connectivity index (χ2v) is 13.6. The van der Waals surface area contributed by atoms with Gasteiger partial charge in [-0.2, -0.15) is 0 Å². The Labute approximate surface area is 257 Å². The third-order valence-corrected chi connectivity index (χ3v) is 10.4. The SMILES string of the molecule is O=C(O)CCc1c(CCN2CCC(C(=O)c3ccc(F)cc3)CC2)ccc2c1CCC(NS(=O)(=O)c1ccc(Cl)cc1)C2. The van der Waals surface area contributed by atoms with Crippen molar-refractivity contribution >= 4 is 33.4 Å². The summed E-state index contributed by atoms with van der Waals surface area (Å²) in [4.78, 5) is 26.9. The number of rotatable bonds is 11. The molecule has 0 bridgehead atoms. The van der Waals surface area contributed by atoms with Gasteiger partial charge in [0, 0.05) is 35.5 Å². The van der Waals surface area contributed by atoms with Crippen LogP contribution in [0.5, 0.6) is 0 Å². The zero-order chi connectivity index (χ0) is 30.6. The maximum absolute atomic E-state index is 13.2. The number of carboxylic acid groups (broad SMARTS) is 1. The van der Waals surface area contributed by atoms with Crippen LogP contribution in [0, 0.1) is 11.7 Å². The van der Waals surface area contributed by atoms with Gasteiger partial charge in [0.15, 0.2) is 5.78 Å². The van der Waals surface area contributed by atoms with E-state index in [1.54, 1.807) is 24.3 Å². The van der Waals surface area contributed by atoms with Gasteiger partial charge in [-0.25, -0.2) is 17.5 Å². The molecule has 2 N–H and O–H groups in total. The molecule has 0 saturated carbocycles. The number of likely N-dealkylation sites (tertiary alicyclic amines) is 1. The van der Waals surface area contributed by atoms with Crippen LogP contribution in [0.1, 0.15) is 58.3 Å². The van der Waals surface area contributed by atoms with E-state index in [4.69, 9.17) is 11.6 Å². The maximum atomic E-state index is 13.2. The van der Waals surface area contributed by atoms with Gasteiger partial charge in [-0.05, 0) is 129 Å². The normalized spacial score (nSPS) is 17.9. The van der Waals surface area contributed by atoms with Crippen LogP contribution < -0.4 is 4.72 Å². The highest BCUT2D eigenvalue weighted by Crippen LogP contribution is 2.30. The zero-order valence-electron chi connectivity index (χ0n) is 23.9. The Morgan fingerprint density at radius 3 is 2.33 bits per heavy atom. The number of piperidine rings is 1. The summed E-state index contributed by atoms with van der Waals surface area (Å²) >= 11 is 5.91. The van der Waals surface area contributed by atoms with Crippen LogP contribution >= 0.6 is 11.6 Å². The summed E-state index contributed by atoms with van der Waals surface area (Å²) in [6.45, 7) is 2.39. The zero-order valence-corrected chi connectivity index (χ0v) is 25.5. The molecule has 1 unspecified atom stereocenters. The van der Waals surface area contributed by atoms with E-state index in [2.05, 4.69) is 21.8 Å². The van der Waals surface area contributed by atoms with Gasteiger partial charge in [-0.1, -0.05) is 23.7 Å².